The second-order valence-electron chi connectivity index (χ2n) is 4.27. The molecular weight excluding hydrogens is 220 g/mol. The Bertz CT molecular complexity index is 483. The van der Waals surface area contributed by atoms with E-state index in [1.54, 1.807) is 30.0 Å². The van der Waals surface area contributed by atoms with Crippen LogP contribution in [0, 0.1) is 0 Å². The first-order chi connectivity index (χ1) is 7.99. The maximum atomic E-state index is 11.7. The van der Waals surface area contributed by atoms with E-state index in [1.165, 1.54) is 0 Å². The number of fused-ring (bicyclic) bond motifs is 1. The van der Waals surface area contributed by atoms with Gasteiger partial charge in [0, 0.05) is 13.1 Å². The minimum Gasteiger partial charge on any atom is -0.478 e. The SMILES string of the molecule is C[C@H](N)C(=O)N1Cc2ccc(C(=O)O)cc2C1. The molecule has 1 aromatic rings. The lowest BCUT2D eigenvalue weighted by Crippen LogP contribution is -2.38. The lowest BCUT2D eigenvalue weighted by atomic mass is 10.1. The zero-order chi connectivity index (χ0) is 12.6. The summed E-state index contributed by atoms with van der Waals surface area (Å²) < 4.78 is 0. The summed E-state index contributed by atoms with van der Waals surface area (Å²) in [7, 11) is 0. The van der Waals surface area contributed by atoms with E-state index < -0.39 is 12.0 Å². The van der Waals surface area contributed by atoms with Gasteiger partial charge in [-0.1, -0.05) is 6.07 Å². The molecule has 1 aliphatic heterocycles. The average Bonchev–Trinajstić information content (AvgIpc) is 2.69. The third-order valence-corrected chi connectivity index (χ3v) is 2.88. The Balaban J connectivity index is 2.22. The fourth-order valence-corrected chi connectivity index (χ4v) is 1.97. The highest BCUT2D eigenvalue weighted by Gasteiger charge is 2.25. The summed E-state index contributed by atoms with van der Waals surface area (Å²) in [5.41, 5.74) is 7.67. The number of amides is 1. The van der Waals surface area contributed by atoms with Crippen molar-refractivity contribution in [2.24, 2.45) is 5.73 Å². The van der Waals surface area contributed by atoms with Crippen molar-refractivity contribution in [2.75, 3.05) is 0 Å². The predicted octanol–water partition coefficient (Wildman–Crippen LogP) is 0.574. The standard InChI is InChI=1S/C12H14N2O3/c1-7(13)11(15)14-5-9-3-2-8(12(16)17)4-10(9)6-14/h2-4,7H,5-6,13H2,1H3,(H,16,17)/t7-/m0/s1. The highest BCUT2D eigenvalue weighted by molar-refractivity contribution is 5.88. The lowest BCUT2D eigenvalue weighted by molar-refractivity contribution is -0.132. The van der Waals surface area contributed by atoms with Crippen molar-refractivity contribution >= 4 is 11.9 Å². The van der Waals surface area contributed by atoms with E-state index >= 15 is 0 Å². The quantitative estimate of drug-likeness (QED) is 0.783. The third kappa shape index (κ3) is 2.14. The first kappa shape index (κ1) is 11.6. The Morgan fingerprint density at radius 1 is 1.35 bits per heavy atom. The molecule has 1 amide bonds. The Morgan fingerprint density at radius 2 is 2.00 bits per heavy atom. The fraction of sp³-hybridized carbons (Fsp3) is 0.333. The van der Waals surface area contributed by atoms with E-state index in [-0.39, 0.29) is 11.5 Å². The van der Waals surface area contributed by atoms with Crippen molar-refractivity contribution in [1.82, 2.24) is 4.90 Å². The summed E-state index contributed by atoms with van der Waals surface area (Å²) in [4.78, 5) is 24.2. The number of nitrogens with two attached hydrogens (primary N) is 1. The highest BCUT2D eigenvalue weighted by Crippen LogP contribution is 2.24. The Labute approximate surface area is 98.8 Å². The summed E-state index contributed by atoms with van der Waals surface area (Å²) in [5.74, 6) is -1.07. The molecule has 0 aromatic heterocycles. The molecule has 5 heteroatoms. The number of benzene rings is 1. The molecule has 1 atom stereocenters. The molecule has 90 valence electrons. The molecule has 2 rings (SSSR count). The van der Waals surface area contributed by atoms with Crippen LogP contribution in [0.3, 0.4) is 0 Å². The summed E-state index contributed by atoms with van der Waals surface area (Å²) >= 11 is 0. The second-order valence-corrected chi connectivity index (χ2v) is 4.27. The van der Waals surface area contributed by atoms with Crippen molar-refractivity contribution < 1.29 is 14.7 Å². The van der Waals surface area contributed by atoms with E-state index in [4.69, 9.17) is 10.8 Å². The molecule has 0 spiro atoms. The normalized spacial score (nSPS) is 15.5. The van der Waals surface area contributed by atoms with Crippen molar-refractivity contribution in [1.29, 1.82) is 0 Å². The van der Waals surface area contributed by atoms with Gasteiger partial charge in [-0.25, -0.2) is 4.79 Å². The maximum Gasteiger partial charge on any atom is 0.335 e. The van der Waals surface area contributed by atoms with Gasteiger partial charge in [-0.3, -0.25) is 4.79 Å². The zero-order valence-corrected chi connectivity index (χ0v) is 9.51. The number of nitrogens with zero attached hydrogens (tertiary/aromatic N) is 1. The monoisotopic (exact) mass is 234 g/mol. The summed E-state index contributed by atoms with van der Waals surface area (Å²) in [6.07, 6.45) is 0. The molecule has 1 heterocycles. The molecule has 1 aromatic carbocycles. The first-order valence-electron chi connectivity index (χ1n) is 5.38. The summed E-state index contributed by atoms with van der Waals surface area (Å²) in [5, 5.41) is 8.88. The van der Waals surface area contributed by atoms with Gasteiger partial charge in [0.2, 0.25) is 5.91 Å². The van der Waals surface area contributed by atoms with Gasteiger partial charge in [0.1, 0.15) is 0 Å². The zero-order valence-electron chi connectivity index (χ0n) is 9.51. The van der Waals surface area contributed by atoms with Gasteiger partial charge in [0.05, 0.1) is 11.6 Å². The van der Waals surface area contributed by atoms with Gasteiger partial charge in [0.25, 0.3) is 0 Å². The van der Waals surface area contributed by atoms with Crippen LogP contribution in [-0.2, 0) is 17.9 Å². The van der Waals surface area contributed by atoms with Crippen LogP contribution in [0.5, 0.6) is 0 Å². The smallest absolute Gasteiger partial charge is 0.335 e. The molecule has 0 aliphatic carbocycles. The van der Waals surface area contributed by atoms with Crippen LogP contribution in [-0.4, -0.2) is 27.9 Å². The van der Waals surface area contributed by atoms with Gasteiger partial charge in [-0.15, -0.1) is 0 Å². The van der Waals surface area contributed by atoms with Crippen LogP contribution < -0.4 is 5.73 Å². The van der Waals surface area contributed by atoms with Gasteiger partial charge < -0.3 is 15.7 Å². The molecule has 5 nitrogen and oxygen atoms in total. The van der Waals surface area contributed by atoms with Crippen LogP contribution in [0.1, 0.15) is 28.4 Å². The number of carbonyl (C=O) groups excluding carboxylic acids is 1. The largest absolute Gasteiger partial charge is 0.478 e. The molecule has 0 saturated heterocycles. The van der Waals surface area contributed by atoms with E-state index in [2.05, 4.69) is 0 Å². The molecule has 3 N–H and O–H groups in total. The number of rotatable bonds is 2. The Morgan fingerprint density at radius 3 is 2.59 bits per heavy atom. The maximum absolute atomic E-state index is 11.7. The fourth-order valence-electron chi connectivity index (χ4n) is 1.97. The van der Waals surface area contributed by atoms with Crippen molar-refractivity contribution in [2.45, 2.75) is 26.1 Å². The summed E-state index contributed by atoms with van der Waals surface area (Å²) in [6.45, 7) is 2.60. The van der Waals surface area contributed by atoms with Crippen LogP contribution in [0.25, 0.3) is 0 Å². The number of carbonyl (C=O) groups is 2. The average molecular weight is 234 g/mol. The van der Waals surface area contributed by atoms with Crippen molar-refractivity contribution in [3.8, 4) is 0 Å². The molecule has 1 aliphatic rings. The van der Waals surface area contributed by atoms with Gasteiger partial charge >= 0.3 is 5.97 Å². The Kier molecular flexibility index (Phi) is 2.85. The van der Waals surface area contributed by atoms with Crippen LogP contribution in [0.15, 0.2) is 18.2 Å². The van der Waals surface area contributed by atoms with Gasteiger partial charge in [-0.2, -0.15) is 0 Å². The molecule has 17 heavy (non-hydrogen) atoms. The van der Waals surface area contributed by atoms with Crippen molar-refractivity contribution in [3.63, 3.8) is 0 Å². The summed E-state index contributed by atoms with van der Waals surface area (Å²) in [6, 6.07) is 4.41. The van der Waals surface area contributed by atoms with E-state index in [9.17, 15) is 9.59 Å². The van der Waals surface area contributed by atoms with E-state index in [0.29, 0.717) is 13.1 Å². The van der Waals surface area contributed by atoms with Gasteiger partial charge in [-0.05, 0) is 30.2 Å². The molecule has 0 fully saturated rings. The number of hydrogen-bond acceptors (Lipinski definition) is 3. The minimum atomic E-state index is -0.954. The van der Waals surface area contributed by atoms with Crippen LogP contribution in [0.2, 0.25) is 0 Å². The third-order valence-electron chi connectivity index (χ3n) is 2.88. The molecule has 0 bridgehead atoms. The van der Waals surface area contributed by atoms with E-state index in [0.717, 1.165) is 11.1 Å². The first-order valence-corrected chi connectivity index (χ1v) is 5.38. The van der Waals surface area contributed by atoms with Gasteiger partial charge in [0.15, 0.2) is 0 Å². The van der Waals surface area contributed by atoms with E-state index in [1.807, 2.05) is 0 Å². The number of carboxylic acids is 1. The lowest BCUT2D eigenvalue weighted by Gasteiger charge is -2.17. The molecular formula is C12H14N2O3. The van der Waals surface area contributed by atoms with Crippen LogP contribution >= 0.6 is 0 Å². The predicted molar refractivity (Wildman–Crippen MR) is 61.3 cm³/mol. The minimum absolute atomic E-state index is 0.113. The van der Waals surface area contributed by atoms with Crippen molar-refractivity contribution in [3.05, 3.63) is 34.9 Å². The number of hydrogen-bond donors (Lipinski definition) is 2. The number of carboxylic acid groups (broad SMARTS) is 1. The second kappa shape index (κ2) is 4.18. The molecule has 0 unspecified atom stereocenters. The van der Waals surface area contributed by atoms with Crippen LogP contribution in [0.4, 0.5) is 0 Å². The number of aromatic carboxylic acids is 1. The highest BCUT2D eigenvalue weighted by atomic mass is 16.4. The topological polar surface area (TPSA) is 83.6 Å². The molecule has 0 saturated carbocycles. The Hall–Kier alpha value is -1.88. The molecule has 0 radical (unpaired) electrons.